The number of hydrogen-bond acceptors (Lipinski definition) is 3. The van der Waals surface area contributed by atoms with Crippen LogP contribution in [0.15, 0.2) is 52.4 Å². The fourth-order valence-corrected chi connectivity index (χ4v) is 3.65. The van der Waals surface area contributed by atoms with E-state index in [4.69, 9.17) is 0 Å². The monoisotopic (exact) mass is 350 g/mol. The van der Waals surface area contributed by atoms with Gasteiger partial charge in [-0.15, -0.1) is 0 Å². The standard InChI is InChI=1S/C21H22N2OS/c1-5-16-8-6-7-9-18(16)22-21-23-20(24)19(25-21)15(4)17-11-10-13(2)14(3)12-17/h6-12H,5H2,1-4H3,(H,22,23,24)/b19-15-. The minimum absolute atomic E-state index is 0.0755. The van der Waals surface area contributed by atoms with E-state index in [1.807, 2.05) is 25.1 Å². The number of aryl methyl sites for hydroxylation is 3. The van der Waals surface area contributed by atoms with Gasteiger partial charge in [0.25, 0.3) is 5.91 Å². The number of aliphatic imine (C=N–C) groups is 1. The van der Waals surface area contributed by atoms with Gasteiger partial charge in [0.15, 0.2) is 5.17 Å². The maximum atomic E-state index is 12.4. The number of nitrogens with one attached hydrogen (secondary N) is 1. The molecule has 0 atom stereocenters. The number of thioether (sulfide) groups is 1. The summed E-state index contributed by atoms with van der Waals surface area (Å²) in [5.74, 6) is -0.0755. The first kappa shape index (κ1) is 17.5. The highest BCUT2D eigenvalue weighted by molar-refractivity contribution is 8.18. The van der Waals surface area contributed by atoms with Crippen molar-refractivity contribution in [3.8, 4) is 0 Å². The Hall–Kier alpha value is -2.33. The molecule has 3 rings (SSSR count). The molecule has 0 saturated carbocycles. The van der Waals surface area contributed by atoms with Crippen molar-refractivity contribution in [3.05, 3.63) is 69.6 Å². The number of rotatable bonds is 3. The second kappa shape index (κ2) is 7.28. The van der Waals surface area contributed by atoms with E-state index in [0.29, 0.717) is 5.17 Å². The second-order valence-corrected chi connectivity index (χ2v) is 7.21. The van der Waals surface area contributed by atoms with Crippen molar-refractivity contribution in [1.82, 2.24) is 5.32 Å². The summed E-state index contributed by atoms with van der Waals surface area (Å²) in [4.78, 5) is 17.8. The van der Waals surface area contributed by atoms with Crippen LogP contribution in [0.4, 0.5) is 5.69 Å². The van der Waals surface area contributed by atoms with Crippen LogP contribution in [-0.4, -0.2) is 11.1 Å². The van der Waals surface area contributed by atoms with Gasteiger partial charge in [-0.3, -0.25) is 4.79 Å². The summed E-state index contributed by atoms with van der Waals surface area (Å²) in [5, 5.41) is 3.54. The van der Waals surface area contributed by atoms with Crippen molar-refractivity contribution in [3.63, 3.8) is 0 Å². The third-order valence-corrected chi connectivity index (χ3v) is 5.58. The maximum absolute atomic E-state index is 12.4. The predicted molar refractivity (Wildman–Crippen MR) is 107 cm³/mol. The lowest BCUT2D eigenvalue weighted by molar-refractivity contribution is -0.115. The van der Waals surface area contributed by atoms with Gasteiger partial charge in [-0.1, -0.05) is 43.3 Å². The van der Waals surface area contributed by atoms with Gasteiger partial charge in [-0.2, -0.15) is 0 Å². The molecule has 0 spiro atoms. The van der Waals surface area contributed by atoms with Crippen LogP contribution in [0.2, 0.25) is 0 Å². The van der Waals surface area contributed by atoms with Gasteiger partial charge in [0.2, 0.25) is 0 Å². The summed E-state index contributed by atoms with van der Waals surface area (Å²) < 4.78 is 0. The Morgan fingerprint density at radius 2 is 1.88 bits per heavy atom. The Labute approximate surface area is 153 Å². The molecule has 1 aliphatic heterocycles. The molecule has 1 amide bonds. The minimum atomic E-state index is -0.0755. The van der Waals surface area contributed by atoms with Crippen LogP contribution >= 0.6 is 11.8 Å². The number of allylic oxidation sites excluding steroid dienone is 1. The molecule has 0 radical (unpaired) electrons. The molecule has 4 heteroatoms. The average molecular weight is 350 g/mol. The van der Waals surface area contributed by atoms with E-state index < -0.39 is 0 Å². The molecule has 1 saturated heterocycles. The third-order valence-electron chi connectivity index (χ3n) is 4.50. The molecule has 1 N–H and O–H groups in total. The molecule has 25 heavy (non-hydrogen) atoms. The molecule has 2 aromatic carbocycles. The van der Waals surface area contributed by atoms with Crippen molar-refractivity contribution >= 4 is 34.1 Å². The SMILES string of the molecule is CCc1ccccc1N=C1NC(=O)/C(=C(\C)c2ccc(C)c(C)c2)S1. The molecular formula is C21H22N2OS. The number of para-hydroxylation sites is 1. The Balaban J connectivity index is 1.94. The Bertz CT molecular complexity index is 897. The van der Waals surface area contributed by atoms with E-state index >= 15 is 0 Å². The van der Waals surface area contributed by atoms with Crippen molar-refractivity contribution in [1.29, 1.82) is 0 Å². The van der Waals surface area contributed by atoms with Gasteiger partial charge < -0.3 is 5.32 Å². The van der Waals surface area contributed by atoms with E-state index in [0.717, 1.165) is 28.1 Å². The van der Waals surface area contributed by atoms with Gasteiger partial charge in [-0.25, -0.2) is 4.99 Å². The molecule has 1 aliphatic rings. The van der Waals surface area contributed by atoms with Gasteiger partial charge in [0.05, 0.1) is 10.6 Å². The van der Waals surface area contributed by atoms with E-state index in [2.05, 4.69) is 55.3 Å². The van der Waals surface area contributed by atoms with Gasteiger partial charge in [0.1, 0.15) is 0 Å². The Kier molecular flexibility index (Phi) is 5.09. The van der Waals surface area contributed by atoms with Crippen LogP contribution in [0.1, 0.15) is 36.1 Å². The third kappa shape index (κ3) is 3.69. The van der Waals surface area contributed by atoms with Crippen LogP contribution in [0.3, 0.4) is 0 Å². The predicted octanol–water partition coefficient (Wildman–Crippen LogP) is 5.15. The summed E-state index contributed by atoms with van der Waals surface area (Å²) in [5.41, 5.74) is 6.64. The van der Waals surface area contributed by atoms with Crippen LogP contribution in [0.5, 0.6) is 0 Å². The lowest BCUT2D eigenvalue weighted by Gasteiger charge is -2.07. The fourth-order valence-electron chi connectivity index (χ4n) is 2.75. The van der Waals surface area contributed by atoms with Gasteiger partial charge >= 0.3 is 0 Å². The smallest absolute Gasteiger partial charge is 0.264 e. The first-order valence-corrected chi connectivity index (χ1v) is 9.25. The van der Waals surface area contributed by atoms with Crippen molar-refractivity contribution in [2.75, 3.05) is 0 Å². The Morgan fingerprint density at radius 1 is 1.12 bits per heavy atom. The summed E-state index contributed by atoms with van der Waals surface area (Å²) in [6.07, 6.45) is 0.913. The molecular weight excluding hydrogens is 328 g/mol. The average Bonchev–Trinajstić information content (AvgIpc) is 2.97. The molecule has 1 heterocycles. The molecule has 3 nitrogen and oxygen atoms in total. The Morgan fingerprint density at radius 3 is 2.60 bits per heavy atom. The highest BCUT2D eigenvalue weighted by Gasteiger charge is 2.26. The molecule has 0 unspecified atom stereocenters. The number of benzene rings is 2. The fraction of sp³-hybridized carbons (Fsp3) is 0.238. The summed E-state index contributed by atoms with van der Waals surface area (Å²) in [6.45, 7) is 8.28. The number of carbonyl (C=O) groups excluding carboxylic acids is 1. The number of nitrogens with zero attached hydrogens (tertiary/aromatic N) is 1. The number of amides is 1. The lowest BCUT2D eigenvalue weighted by Crippen LogP contribution is -2.19. The van der Waals surface area contributed by atoms with E-state index in [1.165, 1.54) is 28.5 Å². The maximum Gasteiger partial charge on any atom is 0.264 e. The first-order valence-electron chi connectivity index (χ1n) is 8.44. The van der Waals surface area contributed by atoms with Gasteiger partial charge in [-0.05, 0) is 72.8 Å². The molecule has 1 fully saturated rings. The largest absolute Gasteiger partial charge is 0.300 e. The molecule has 2 aromatic rings. The summed E-state index contributed by atoms with van der Waals surface area (Å²) in [7, 11) is 0. The van der Waals surface area contributed by atoms with Crippen molar-refractivity contribution in [2.45, 2.75) is 34.1 Å². The topological polar surface area (TPSA) is 41.5 Å². The van der Waals surface area contributed by atoms with Crippen molar-refractivity contribution in [2.24, 2.45) is 4.99 Å². The van der Waals surface area contributed by atoms with E-state index in [9.17, 15) is 4.79 Å². The quantitative estimate of drug-likeness (QED) is 0.778. The van der Waals surface area contributed by atoms with Crippen LogP contribution in [-0.2, 0) is 11.2 Å². The minimum Gasteiger partial charge on any atom is -0.300 e. The molecule has 128 valence electrons. The zero-order chi connectivity index (χ0) is 18.0. The number of carbonyl (C=O) groups is 1. The highest BCUT2D eigenvalue weighted by atomic mass is 32.2. The van der Waals surface area contributed by atoms with Crippen molar-refractivity contribution < 1.29 is 4.79 Å². The number of hydrogen-bond donors (Lipinski definition) is 1. The molecule has 0 bridgehead atoms. The van der Waals surface area contributed by atoms with Gasteiger partial charge in [0, 0.05) is 0 Å². The zero-order valence-corrected chi connectivity index (χ0v) is 15.8. The van der Waals surface area contributed by atoms with Crippen LogP contribution < -0.4 is 5.32 Å². The van der Waals surface area contributed by atoms with Crippen LogP contribution in [0, 0.1) is 13.8 Å². The summed E-state index contributed by atoms with van der Waals surface area (Å²) in [6, 6.07) is 14.3. The zero-order valence-electron chi connectivity index (χ0n) is 15.0. The second-order valence-electron chi connectivity index (χ2n) is 6.21. The van der Waals surface area contributed by atoms with Crippen LogP contribution in [0.25, 0.3) is 5.57 Å². The highest BCUT2D eigenvalue weighted by Crippen LogP contribution is 2.33. The molecule has 0 aliphatic carbocycles. The first-order chi connectivity index (χ1) is 12.0. The van der Waals surface area contributed by atoms with E-state index in [-0.39, 0.29) is 5.91 Å². The normalized spacial score (nSPS) is 17.8. The lowest BCUT2D eigenvalue weighted by atomic mass is 10.0. The number of amidine groups is 1. The summed E-state index contributed by atoms with van der Waals surface area (Å²) >= 11 is 1.41. The molecule has 0 aromatic heterocycles. The van der Waals surface area contributed by atoms with E-state index in [1.54, 1.807) is 0 Å².